The van der Waals surface area contributed by atoms with Gasteiger partial charge in [0.2, 0.25) is 0 Å². The third-order valence-corrected chi connectivity index (χ3v) is 4.89. The molecular formula is C20H22N4O2S. The largest absolute Gasteiger partial charge is 0.494 e. The number of hydrogen-bond donors (Lipinski definition) is 0. The van der Waals surface area contributed by atoms with E-state index in [0.717, 1.165) is 35.3 Å². The fourth-order valence-electron chi connectivity index (χ4n) is 2.65. The number of nitrogens with zero attached hydrogens (tertiary/aromatic N) is 4. The Labute approximate surface area is 163 Å². The van der Waals surface area contributed by atoms with Crippen LogP contribution >= 0.6 is 11.8 Å². The molecule has 0 aliphatic carbocycles. The van der Waals surface area contributed by atoms with E-state index in [-0.39, 0.29) is 5.78 Å². The van der Waals surface area contributed by atoms with Crippen molar-refractivity contribution >= 4 is 17.5 Å². The van der Waals surface area contributed by atoms with Crippen LogP contribution in [0.5, 0.6) is 5.75 Å². The van der Waals surface area contributed by atoms with Gasteiger partial charge in [0.15, 0.2) is 16.8 Å². The molecule has 0 spiro atoms. The Kier molecular flexibility index (Phi) is 6.59. The minimum atomic E-state index is 0.0551. The molecule has 0 saturated carbocycles. The summed E-state index contributed by atoms with van der Waals surface area (Å²) in [4.78, 5) is 16.6. The number of hydrogen-bond acceptors (Lipinski definition) is 6. The predicted molar refractivity (Wildman–Crippen MR) is 106 cm³/mol. The summed E-state index contributed by atoms with van der Waals surface area (Å²) in [5.41, 5.74) is 1.64. The van der Waals surface area contributed by atoms with E-state index in [4.69, 9.17) is 4.74 Å². The molecule has 3 rings (SSSR count). The molecular weight excluding hydrogens is 360 g/mol. The number of aromatic nitrogens is 4. The second-order valence-electron chi connectivity index (χ2n) is 5.86. The quantitative estimate of drug-likeness (QED) is 0.409. The highest BCUT2D eigenvalue weighted by Crippen LogP contribution is 2.25. The summed E-state index contributed by atoms with van der Waals surface area (Å²) in [6.45, 7) is 5.44. The molecule has 27 heavy (non-hydrogen) atoms. The van der Waals surface area contributed by atoms with Gasteiger partial charge in [0.1, 0.15) is 5.75 Å². The number of carbonyl (C=O) groups is 1. The molecule has 0 unspecified atom stereocenters. The standard InChI is InChI=1S/C20H22N4O2S/c1-3-13-24-19(16-9-11-21-12-10-16)22-23-20(24)27-14-18(25)15-5-7-17(8-6-15)26-4-2/h5-12H,3-4,13-14H2,1-2H3. The molecule has 0 fully saturated rings. The summed E-state index contributed by atoms with van der Waals surface area (Å²) in [7, 11) is 0. The van der Waals surface area contributed by atoms with E-state index in [1.807, 2.05) is 31.2 Å². The van der Waals surface area contributed by atoms with Crippen molar-refractivity contribution in [2.75, 3.05) is 12.4 Å². The second-order valence-corrected chi connectivity index (χ2v) is 6.81. The zero-order valence-corrected chi connectivity index (χ0v) is 16.3. The van der Waals surface area contributed by atoms with Crippen LogP contribution in [-0.4, -0.2) is 37.9 Å². The van der Waals surface area contributed by atoms with Crippen molar-refractivity contribution < 1.29 is 9.53 Å². The number of ether oxygens (including phenoxy) is 1. The number of thioether (sulfide) groups is 1. The molecule has 1 aromatic carbocycles. The fraction of sp³-hybridized carbons (Fsp3) is 0.300. The Bertz CT molecular complexity index is 879. The average molecular weight is 382 g/mol. The van der Waals surface area contributed by atoms with Gasteiger partial charge in [-0.2, -0.15) is 0 Å². The first-order valence-corrected chi connectivity index (χ1v) is 9.94. The first-order valence-electron chi connectivity index (χ1n) is 8.95. The highest BCUT2D eigenvalue weighted by Gasteiger charge is 2.15. The number of ketones is 1. The molecule has 2 aromatic heterocycles. The Morgan fingerprint density at radius 2 is 1.81 bits per heavy atom. The molecule has 0 N–H and O–H groups in total. The maximum Gasteiger partial charge on any atom is 0.191 e. The molecule has 6 nitrogen and oxygen atoms in total. The zero-order valence-electron chi connectivity index (χ0n) is 15.5. The van der Waals surface area contributed by atoms with Crippen molar-refractivity contribution in [2.45, 2.75) is 32.0 Å². The van der Waals surface area contributed by atoms with Crippen LogP contribution in [0.2, 0.25) is 0 Å². The van der Waals surface area contributed by atoms with Gasteiger partial charge in [-0.25, -0.2) is 0 Å². The lowest BCUT2D eigenvalue weighted by Gasteiger charge is -2.09. The Morgan fingerprint density at radius 1 is 1.07 bits per heavy atom. The Morgan fingerprint density at radius 3 is 2.48 bits per heavy atom. The van der Waals surface area contributed by atoms with Crippen molar-refractivity contribution in [1.29, 1.82) is 0 Å². The van der Waals surface area contributed by atoms with Crippen LogP contribution in [0.1, 0.15) is 30.6 Å². The summed E-state index contributed by atoms with van der Waals surface area (Å²) in [5.74, 6) is 1.94. The van der Waals surface area contributed by atoms with E-state index in [1.165, 1.54) is 11.8 Å². The first kappa shape index (κ1) is 19.1. The van der Waals surface area contributed by atoms with Crippen LogP contribution < -0.4 is 4.74 Å². The average Bonchev–Trinajstić information content (AvgIpc) is 3.10. The van der Waals surface area contributed by atoms with Gasteiger partial charge in [-0.1, -0.05) is 18.7 Å². The SMILES string of the molecule is CCCn1c(SCC(=O)c2ccc(OCC)cc2)nnc1-c1ccncc1. The van der Waals surface area contributed by atoms with Gasteiger partial charge in [-0.3, -0.25) is 9.78 Å². The fourth-order valence-corrected chi connectivity index (χ4v) is 3.51. The molecule has 0 atom stereocenters. The van der Waals surface area contributed by atoms with Crippen LogP contribution in [0.15, 0.2) is 53.9 Å². The lowest BCUT2D eigenvalue weighted by atomic mass is 10.1. The number of benzene rings is 1. The first-order chi connectivity index (χ1) is 13.2. The molecule has 3 aromatic rings. The number of rotatable bonds is 9. The van der Waals surface area contributed by atoms with E-state index in [2.05, 4.69) is 26.7 Å². The summed E-state index contributed by atoms with van der Waals surface area (Å²) in [5, 5.41) is 9.38. The highest BCUT2D eigenvalue weighted by molar-refractivity contribution is 7.99. The van der Waals surface area contributed by atoms with Crippen LogP contribution in [-0.2, 0) is 6.54 Å². The minimum absolute atomic E-state index is 0.0551. The molecule has 140 valence electrons. The van der Waals surface area contributed by atoms with Crippen LogP contribution in [0.3, 0.4) is 0 Å². The molecule has 0 saturated heterocycles. The van der Waals surface area contributed by atoms with E-state index < -0.39 is 0 Å². The summed E-state index contributed by atoms with van der Waals surface area (Å²) in [6.07, 6.45) is 4.43. The zero-order chi connectivity index (χ0) is 19.1. The maximum atomic E-state index is 12.5. The van der Waals surface area contributed by atoms with Gasteiger partial charge in [-0.05, 0) is 49.7 Å². The maximum absolute atomic E-state index is 12.5. The van der Waals surface area contributed by atoms with Gasteiger partial charge < -0.3 is 9.30 Å². The van der Waals surface area contributed by atoms with Gasteiger partial charge in [0.25, 0.3) is 0 Å². The molecule has 0 aliphatic heterocycles. The predicted octanol–water partition coefficient (Wildman–Crippen LogP) is 4.12. The van der Waals surface area contributed by atoms with E-state index in [0.29, 0.717) is 17.9 Å². The summed E-state index contributed by atoms with van der Waals surface area (Å²) < 4.78 is 7.48. The highest BCUT2D eigenvalue weighted by atomic mass is 32.2. The monoisotopic (exact) mass is 382 g/mol. The Hall–Kier alpha value is -2.67. The van der Waals surface area contributed by atoms with Crippen molar-refractivity contribution in [1.82, 2.24) is 19.7 Å². The summed E-state index contributed by atoms with van der Waals surface area (Å²) >= 11 is 1.41. The molecule has 0 bridgehead atoms. The van der Waals surface area contributed by atoms with Gasteiger partial charge >= 0.3 is 0 Å². The molecule has 0 amide bonds. The van der Waals surface area contributed by atoms with Gasteiger partial charge in [0, 0.05) is 30.1 Å². The van der Waals surface area contributed by atoms with Crippen molar-refractivity contribution in [3.63, 3.8) is 0 Å². The topological polar surface area (TPSA) is 69.9 Å². The van der Waals surface area contributed by atoms with Gasteiger partial charge in [0.05, 0.1) is 12.4 Å². The number of pyridine rings is 1. The van der Waals surface area contributed by atoms with Crippen molar-refractivity contribution in [2.24, 2.45) is 0 Å². The lowest BCUT2D eigenvalue weighted by Crippen LogP contribution is -2.06. The second kappa shape index (κ2) is 9.32. The van der Waals surface area contributed by atoms with Crippen LogP contribution in [0.25, 0.3) is 11.4 Å². The smallest absolute Gasteiger partial charge is 0.191 e. The lowest BCUT2D eigenvalue weighted by molar-refractivity contribution is 0.102. The van der Waals surface area contributed by atoms with Crippen molar-refractivity contribution in [3.05, 3.63) is 54.4 Å². The van der Waals surface area contributed by atoms with E-state index >= 15 is 0 Å². The summed E-state index contributed by atoms with van der Waals surface area (Å²) in [6, 6.07) is 11.1. The van der Waals surface area contributed by atoms with E-state index in [1.54, 1.807) is 24.5 Å². The Balaban J connectivity index is 1.72. The third kappa shape index (κ3) is 4.74. The molecule has 7 heteroatoms. The van der Waals surface area contributed by atoms with Crippen molar-refractivity contribution in [3.8, 4) is 17.1 Å². The van der Waals surface area contributed by atoms with E-state index in [9.17, 15) is 4.79 Å². The minimum Gasteiger partial charge on any atom is -0.494 e. The molecule has 2 heterocycles. The molecule has 0 aliphatic rings. The van der Waals surface area contributed by atoms with Crippen LogP contribution in [0, 0.1) is 0 Å². The number of Topliss-reactive ketones (excluding diaryl/α,β-unsaturated/α-hetero) is 1. The van der Waals surface area contributed by atoms with Gasteiger partial charge in [-0.15, -0.1) is 10.2 Å². The van der Waals surface area contributed by atoms with Crippen LogP contribution in [0.4, 0.5) is 0 Å². The normalized spacial score (nSPS) is 10.7. The number of carbonyl (C=O) groups excluding carboxylic acids is 1. The third-order valence-electron chi connectivity index (χ3n) is 3.92. The molecule has 0 radical (unpaired) electrons.